The highest BCUT2D eigenvalue weighted by molar-refractivity contribution is 6.05. The quantitative estimate of drug-likeness (QED) is 0.257. The molecular weight excluding hydrogens is 424 g/mol. The van der Waals surface area contributed by atoms with Gasteiger partial charge >= 0.3 is 0 Å². The van der Waals surface area contributed by atoms with Gasteiger partial charge < -0.3 is 9.47 Å². The van der Waals surface area contributed by atoms with E-state index in [-0.39, 0.29) is 5.91 Å². The second-order valence-corrected chi connectivity index (χ2v) is 9.18. The average molecular weight is 465 g/mol. The van der Waals surface area contributed by atoms with E-state index in [1.807, 2.05) is 18.2 Å². The number of carbonyl (C=O) groups excluding carboxylic acids is 1. The van der Waals surface area contributed by atoms with Gasteiger partial charge in [0.2, 0.25) is 0 Å². The highest BCUT2D eigenvalue weighted by Gasteiger charge is 2.19. The largest absolute Gasteiger partial charge is 0.497 e. The molecule has 0 heterocycles. The molecule has 0 saturated heterocycles. The fourth-order valence-electron chi connectivity index (χ4n) is 4.55. The number of hydrazone groups is 1. The fourth-order valence-corrected chi connectivity index (χ4v) is 4.55. The minimum atomic E-state index is -0.208. The molecule has 0 radical (unpaired) electrons. The smallest absolute Gasteiger partial charge is 0.271 e. The lowest BCUT2D eigenvalue weighted by molar-refractivity contribution is 0.0954. The van der Waals surface area contributed by atoms with E-state index in [1.165, 1.54) is 50.5 Å². The van der Waals surface area contributed by atoms with E-state index in [9.17, 15) is 4.79 Å². The molecule has 1 amide bonds. The van der Waals surface area contributed by atoms with E-state index in [0.29, 0.717) is 5.56 Å². The maximum absolute atomic E-state index is 12.6. The van der Waals surface area contributed by atoms with Crippen molar-refractivity contribution >= 4 is 11.6 Å². The molecule has 0 spiro atoms. The number of aryl methyl sites for hydroxylation is 2. The van der Waals surface area contributed by atoms with Crippen LogP contribution in [0.3, 0.4) is 0 Å². The molecule has 0 aliphatic heterocycles. The Morgan fingerprint density at radius 1 is 0.941 bits per heavy atom. The molecule has 184 valence electrons. The number of rotatable bonds is 13. The predicted molar refractivity (Wildman–Crippen MR) is 139 cm³/mol. The van der Waals surface area contributed by atoms with Crippen LogP contribution in [0.2, 0.25) is 0 Å². The van der Waals surface area contributed by atoms with Gasteiger partial charge in [0.05, 0.1) is 19.4 Å². The van der Waals surface area contributed by atoms with Crippen molar-refractivity contribution in [3.8, 4) is 11.5 Å². The van der Waals surface area contributed by atoms with Crippen molar-refractivity contribution in [1.82, 2.24) is 5.43 Å². The number of nitrogens with one attached hydrogen (secondary N) is 1. The number of methoxy groups -OCH3 is 1. The van der Waals surface area contributed by atoms with Crippen molar-refractivity contribution < 1.29 is 14.3 Å². The molecule has 34 heavy (non-hydrogen) atoms. The number of ether oxygens (including phenoxy) is 2. The van der Waals surface area contributed by atoms with Gasteiger partial charge in [-0.15, -0.1) is 0 Å². The SMILES string of the molecule is CCCCCCCCCCOc1ccc(C(=O)N/N=C2\CCCc3cc(OC)cc(C)c32)cc1. The summed E-state index contributed by atoms with van der Waals surface area (Å²) in [6.07, 6.45) is 13.1. The van der Waals surface area contributed by atoms with Gasteiger partial charge in [0.1, 0.15) is 11.5 Å². The number of nitrogens with zero attached hydrogens (tertiary/aromatic N) is 1. The maximum atomic E-state index is 12.6. The van der Waals surface area contributed by atoms with Crippen molar-refractivity contribution in [2.75, 3.05) is 13.7 Å². The van der Waals surface area contributed by atoms with Gasteiger partial charge in [-0.25, -0.2) is 5.43 Å². The van der Waals surface area contributed by atoms with Crippen LogP contribution < -0.4 is 14.9 Å². The Kier molecular flexibility index (Phi) is 10.5. The molecule has 3 rings (SSSR count). The number of hydrogen-bond acceptors (Lipinski definition) is 4. The van der Waals surface area contributed by atoms with Gasteiger partial charge in [0, 0.05) is 11.1 Å². The van der Waals surface area contributed by atoms with E-state index in [4.69, 9.17) is 9.47 Å². The number of fused-ring (bicyclic) bond motifs is 1. The van der Waals surface area contributed by atoms with Gasteiger partial charge in [0.15, 0.2) is 0 Å². The lowest BCUT2D eigenvalue weighted by Gasteiger charge is -2.21. The summed E-state index contributed by atoms with van der Waals surface area (Å²) in [6.45, 7) is 5.04. The Morgan fingerprint density at radius 3 is 2.35 bits per heavy atom. The molecule has 1 N–H and O–H groups in total. The zero-order chi connectivity index (χ0) is 24.2. The Morgan fingerprint density at radius 2 is 1.65 bits per heavy atom. The van der Waals surface area contributed by atoms with Crippen LogP contribution in [-0.2, 0) is 6.42 Å². The number of benzene rings is 2. The van der Waals surface area contributed by atoms with Gasteiger partial charge in [-0.2, -0.15) is 5.10 Å². The van der Waals surface area contributed by atoms with E-state index < -0.39 is 0 Å². The lowest BCUT2D eigenvalue weighted by atomic mass is 9.87. The van der Waals surface area contributed by atoms with Crippen molar-refractivity contribution in [2.45, 2.75) is 84.5 Å². The van der Waals surface area contributed by atoms with Crippen LogP contribution in [0.1, 0.15) is 98.2 Å². The number of unbranched alkanes of at least 4 members (excludes halogenated alkanes) is 7. The molecule has 5 heteroatoms. The third-order valence-electron chi connectivity index (χ3n) is 6.45. The molecular formula is C29H40N2O3. The molecule has 5 nitrogen and oxygen atoms in total. The molecule has 0 unspecified atom stereocenters. The Balaban J connectivity index is 1.45. The van der Waals surface area contributed by atoms with E-state index in [2.05, 4.69) is 30.4 Å². The van der Waals surface area contributed by atoms with Crippen LogP contribution in [0.4, 0.5) is 0 Å². The predicted octanol–water partition coefficient (Wildman–Crippen LogP) is 6.99. The molecule has 2 aromatic carbocycles. The minimum Gasteiger partial charge on any atom is -0.497 e. The summed E-state index contributed by atoms with van der Waals surface area (Å²) in [5.41, 5.74) is 7.74. The summed E-state index contributed by atoms with van der Waals surface area (Å²) < 4.78 is 11.2. The normalized spacial score (nSPS) is 14.0. The molecule has 1 aliphatic rings. The summed E-state index contributed by atoms with van der Waals surface area (Å²) in [5.74, 6) is 1.46. The van der Waals surface area contributed by atoms with E-state index in [1.54, 1.807) is 19.2 Å². The molecule has 0 bridgehead atoms. The molecule has 0 aromatic heterocycles. The molecule has 0 atom stereocenters. The third-order valence-corrected chi connectivity index (χ3v) is 6.45. The fraction of sp³-hybridized carbons (Fsp3) is 0.517. The number of carbonyl (C=O) groups is 1. The van der Waals surface area contributed by atoms with Crippen molar-refractivity contribution in [3.05, 3.63) is 58.7 Å². The van der Waals surface area contributed by atoms with Crippen LogP contribution in [0, 0.1) is 6.92 Å². The Labute approximate surface area is 204 Å². The number of hydrogen-bond donors (Lipinski definition) is 1. The first-order valence-corrected chi connectivity index (χ1v) is 12.9. The molecule has 0 fully saturated rings. The maximum Gasteiger partial charge on any atom is 0.271 e. The summed E-state index contributed by atoms with van der Waals surface area (Å²) >= 11 is 0. The summed E-state index contributed by atoms with van der Waals surface area (Å²) in [6, 6.07) is 11.4. The molecule has 1 aliphatic carbocycles. The van der Waals surface area contributed by atoms with Crippen LogP contribution in [0.15, 0.2) is 41.5 Å². The Bertz CT molecular complexity index is 951. The third kappa shape index (κ3) is 7.61. The summed E-state index contributed by atoms with van der Waals surface area (Å²) in [5, 5.41) is 4.49. The zero-order valence-electron chi connectivity index (χ0n) is 21.1. The Hall–Kier alpha value is -2.82. The average Bonchev–Trinajstić information content (AvgIpc) is 2.86. The van der Waals surface area contributed by atoms with Crippen LogP contribution in [-0.4, -0.2) is 25.3 Å². The van der Waals surface area contributed by atoms with E-state index in [0.717, 1.165) is 60.6 Å². The van der Waals surface area contributed by atoms with Crippen LogP contribution in [0.5, 0.6) is 11.5 Å². The van der Waals surface area contributed by atoms with Crippen LogP contribution >= 0.6 is 0 Å². The highest BCUT2D eigenvalue weighted by Crippen LogP contribution is 2.29. The second-order valence-electron chi connectivity index (χ2n) is 9.18. The highest BCUT2D eigenvalue weighted by atomic mass is 16.5. The topological polar surface area (TPSA) is 59.9 Å². The number of amides is 1. The second kappa shape index (κ2) is 13.8. The minimum absolute atomic E-state index is 0.208. The van der Waals surface area contributed by atoms with Crippen molar-refractivity contribution in [2.24, 2.45) is 5.10 Å². The van der Waals surface area contributed by atoms with Gasteiger partial charge in [0.25, 0.3) is 5.91 Å². The van der Waals surface area contributed by atoms with Gasteiger partial charge in [-0.05, 0) is 80.1 Å². The van der Waals surface area contributed by atoms with Crippen LogP contribution in [0.25, 0.3) is 0 Å². The van der Waals surface area contributed by atoms with Crippen molar-refractivity contribution in [1.29, 1.82) is 0 Å². The first-order chi connectivity index (χ1) is 16.6. The van der Waals surface area contributed by atoms with E-state index >= 15 is 0 Å². The van der Waals surface area contributed by atoms with Crippen molar-refractivity contribution in [3.63, 3.8) is 0 Å². The standard InChI is InChI=1S/C29H40N2O3/c1-4-5-6-7-8-9-10-11-19-34-25-17-15-23(16-18-25)29(32)31-30-27-14-12-13-24-21-26(33-3)20-22(2)28(24)27/h15-18,20-21H,4-14,19H2,1-3H3,(H,31,32)/b30-27+. The lowest BCUT2D eigenvalue weighted by Crippen LogP contribution is -2.22. The molecule has 2 aromatic rings. The summed E-state index contributed by atoms with van der Waals surface area (Å²) in [4.78, 5) is 12.6. The monoisotopic (exact) mass is 464 g/mol. The first-order valence-electron chi connectivity index (χ1n) is 12.9. The molecule has 0 saturated carbocycles. The summed E-state index contributed by atoms with van der Waals surface area (Å²) in [7, 11) is 1.69. The van der Waals surface area contributed by atoms with Gasteiger partial charge in [-0.3, -0.25) is 4.79 Å². The van der Waals surface area contributed by atoms with Gasteiger partial charge in [-0.1, -0.05) is 51.9 Å². The first kappa shape index (κ1) is 25.8. The zero-order valence-corrected chi connectivity index (χ0v) is 21.1.